The Morgan fingerprint density at radius 1 is 1.25 bits per heavy atom. The van der Waals surface area contributed by atoms with E-state index in [0.29, 0.717) is 17.8 Å². The molecule has 0 amide bonds. The van der Waals surface area contributed by atoms with Crippen LogP contribution in [0.2, 0.25) is 0 Å². The lowest BCUT2D eigenvalue weighted by atomic mass is 9.46. The SMILES string of the molecule is C#C[C@]1(OC(=O)[C@@H]2CCC[NH2+]2)CC[C@H]2[C@@H]3CCC4=Cc5oncc5C[C@]4(C)[C@H]3CC[C@@]21C. The Hall–Kier alpha value is -2.06. The zero-order valence-corrected chi connectivity index (χ0v) is 19.4. The monoisotopic (exact) mass is 435 g/mol. The van der Waals surface area contributed by atoms with Gasteiger partial charge in [-0.05, 0) is 74.2 Å². The third-order valence-electron chi connectivity index (χ3n) is 10.4. The summed E-state index contributed by atoms with van der Waals surface area (Å²) in [6.45, 7) is 5.81. The summed E-state index contributed by atoms with van der Waals surface area (Å²) >= 11 is 0. The highest BCUT2D eigenvalue weighted by atomic mass is 16.6. The number of aromatic nitrogens is 1. The third-order valence-corrected chi connectivity index (χ3v) is 10.4. The molecular weight excluding hydrogens is 400 g/mol. The number of carbonyl (C=O) groups excluding carboxylic acids is 1. The summed E-state index contributed by atoms with van der Waals surface area (Å²) in [6.07, 6.45) is 19.7. The van der Waals surface area contributed by atoms with Gasteiger partial charge < -0.3 is 14.6 Å². The molecule has 4 aliphatic carbocycles. The van der Waals surface area contributed by atoms with Crippen molar-refractivity contribution in [3.63, 3.8) is 0 Å². The Bertz CT molecular complexity index is 1010. The summed E-state index contributed by atoms with van der Waals surface area (Å²) in [4.78, 5) is 13.0. The van der Waals surface area contributed by atoms with Gasteiger partial charge >= 0.3 is 5.97 Å². The molecule has 1 aromatic heterocycles. The van der Waals surface area contributed by atoms with E-state index in [0.717, 1.165) is 63.7 Å². The molecule has 1 aliphatic heterocycles. The minimum absolute atomic E-state index is 0.0690. The molecule has 0 unspecified atom stereocenters. The number of nitrogens with two attached hydrogens (primary N) is 1. The number of nitrogens with zero attached hydrogens (tertiary/aromatic N) is 1. The molecule has 1 saturated heterocycles. The van der Waals surface area contributed by atoms with Crippen molar-refractivity contribution in [2.45, 2.75) is 83.3 Å². The van der Waals surface area contributed by atoms with Crippen LogP contribution in [0.4, 0.5) is 0 Å². The zero-order chi connectivity index (χ0) is 22.1. The first-order chi connectivity index (χ1) is 15.4. The summed E-state index contributed by atoms with van der Waals surface area (Å²) in [6, 6.07) is -0.0690. The van der Waals surface area contributed by atoms with E-state index in [-0.39, 0.29) is 22.8 Å². The van der Waals surface area contributed by atoms with Gasteiger partial charge in [-0.2, -0.15) is 0 Å². The quantitative estimate of drug-likeness (QED) is 0.570. The molecule has 5 aliphatic rings. The molecule has 32 heavy (non-hydrogen) atoms. The number of rotatable bonds is 2. The molecule has 0 aromatic carbocycles. The molecule has 6 rings (SSSR count). The average Bonchev–Trinajstić information content (AvgIpc) is 3.51. The van der Waals surface area contributed by atoms with Gasteiger partial charge in [-0.1, -0.05) is 30.5 Å². The van der Waals surface area contributed by atoms with Crippen LogP contribution in [0.1, 0.15) is 76.5 Å². The second-order valence-electron chi connectivity index (χ2n) is 11.6. The van der Waals surface area contributed by atoms with Gasteiger partial charge in [-0.3, -0.25) is 0 Å². The van der Waals surface area contributed by atoms with E-state index in [1.165, 1.54) is 17.6 Å². The molecule has 1 aromatic rings. The van der Waals surface area contributed by atoms with E-state index >= 15 is 0 Å². The molecule has 5 nitrogen and oxygen atoms in total. The van der Waals surface area contributed by atoms with Gasteiger partial charge in [0.05, 0.1) is 12.7 Å². The standard InChI is InChI=1S/C27H34N2O3/c1-4-27(31-24(30)22-6-5-13-28-22)12-10-21-19-8-7-18-14-23-17(16-29-32-23)15-25(18,2)20(19)9-11-26(21,27)3/h1,14,16,19-22,28H,5-13,15H2,2-3H3/p+1/t19-,20+,21+,22+,25+,26+,27+/m1/s1. The third kappa shape index (κ3) is 2.62. The highest BCUT2D eigenvalue weighted by molar-refractivity contribution is 5.75. The second kappa shape index (κ2) is 6.97. The van der Waals surface area contributed by atoms with E-state index in [1.54, 1.807) is 0 Å². The summed E-state index contributed by atoms with van der Waals surface area (Å²) in [7, 11) is 0. The lowest BCUT2D eigenvalue weighted by Gasteiger charge is -2.58. The summed E-state index contributed by atoms with van der Waals surface area (Å²) in [5, 5.41) is 6.18. The largest absolute Gasteiger partial charge is 0.441 e. The topological polar surface area (TPSA) is 68.9 Å². The molecule has 2 heterocycles. The van der Waals surface area contributed by atoms with Crippen molar-refractivity contribution in [1.29, 1.82) is 0 Å². The number of esters is 1. The van der Waals surface area contributed by atoms with Crippen molar-refractivity contribution in [2.75, 3.05) is 6.54 Å². The Kier molecular flexibility index (Phi) is 4.47. The fourth-order valence-corrected chi connectivity index (χ4v) is 8.55. The van der Waals surface area contributed by atoms with Gasteiger partial charge in [0, 0.05) is 23.8 Å². The Balaban J connectivity index is 1.29. The summed E-state index contributed by atoms with van der Waals surface area (Å²) in [5.41, 5.74) is 2.07. The number of hydrogen-bond donors (Lipinski definition) is 1. The maximum atomic E-state index is 13.0. The minimum atomic E-state index is -0.749. The molecule has 7 atom stereocenters. The van der Waals surface area contributed by atoms with Crippen molar-refractivity contribution in [3.8, 4) is 12.3 Å². The lowest BCUT2D eigenvalue weighted by molar-refractivity contribution is -0.659. The number of hydrogen-bond acceptors (Lipinski definition) is 4. The van der Waals surface area contributed by atoms with E-state index in [2.05, 4.69) is 36.3 Å². The zero-order valence-electron chi connectivity index (χ0n) is 19.4. The molecular formula is C27H35N2O3+. The van der Waals surface area contributed by atoms with Crippen molar-refractivity contribution in [1.82, 2.24) is 5.16 Å². The lowest BCUT2D eigenvalue weighted by Crippen LogP contribution is -2.88. The first-order valence-electron chi connectivity index (χ1n) is 12.6. The Morgan fingerprint density at radius 3 is 2.88 bits per heavy atom. The smallest absolute Gasteiger partial charge is 0.366 e. The van der Waals surface area contributed by atoms with Gasteiger partial charge in [-0.15, -0.1) is 6.42 Å². The number of carbonyl (C=O) groups is 1. The number of allylic oxidation sites excluding steroid dienone is 1. The fourth-order valence-electron chi connectivity index (χ4n) is 8.55. The van der Waals surface area contributed by atoms with E-state index in [1.807, 2.05) is 6.20 Å². The molecule has 0 spiro atoms. The Morgan fingerprint density at radius 2 is 2.09 bits per heavy atom. The number of ether oxygens (including phenoxy) is 1. The van der Waals surface area contributed by atoms with Crippen LogP contribution >= 0.6 is 0 Å². The Labute approximate surface area is 190 Å². The molecule has 170 valence electrons. The van der Waals surface area contributed by atoms with Gasteiger partial charge in [0.1, 0.15) is 0 Å². The number of quaternary nitrogens is 1. The van der Waals surface area contributed by atoms with Crippen LogP contribution in [-0.2, 0) is 16.0 Å². The van der Waals surface area contributed by atoms with Crippen molar-refractivity contribution in [2.24, 2.45) is 28.6 Å². The van der Waals surface area contributed by atoms with Crippen molar-refractivity contribution in [3.05, 3.63) is 23.1 Å². The minimum Gasteiger partial charge on any atom is -0.441 e. The molecule has 2 N–H and O–H groups in total. The average molecular weight is 436 g/mol. The van der Waals surface area contributed by atoms with Gasteiger partial charge in [-0.25, -0.2) is 4.79 Å². The van der Waals surface area contributed by atoms with Crippen molar-refractivity contribution < 1.29 is 19.4 Å². The van der Waals surface area contributed by atoms with Gasteiger partial charge in [0.25, 0.3) is 0 Å². The van der Waals surface area contributed by atoms with Crippen molar-refractivity contribution >= 4 is 12.0 Å². The van der Waals surface area contributed by atoms with Crippen LogP contribution in [0.3, 0.4) is 0 Å². The van der Waals surface area contributed by atoms with E-state index in [9.17, 15) is 4.79 Å². The fraction of sp³-hybridized carbons (Fsp3) is 0.704. The molecule has 4 fully saturated rings. The molecule has 3 saturated carbocycles. The first kappa shape index (κ1) is 20.5. The van der Waals surface area contributed by atoms with Crippen LogP contribution in [0, 0.1) is 40.9 Å². The predicted molar refractivity (Wildman–Crippen MR) is 120 cm³/mol. The van der Waals surface area contributed by atoms with Crippen LogP contribution in [0.25, 0.3) is 6.08 Å². The highest BCUT2D eigenvalue weighted by Gasteiger charge is 2.66. The molecule has 0 bridgehead atoms. The van der Waals surface area contributed by atoms with E-state index < -0.39 is 5.60 Å². The van der Waals surface area contributed by atoms with Gasteiger partial charge in [0.2, 0.25) is 0 Å². The highest BCUT2D eigenvalue weighted by Crippen LogP contribution is 2.68. The normalized spacial score (nSPS) is 44.5. The molecule has 0 radical (unpaired) electrons. The molecule has 5 heteroatoms. The maximum absolute atomic E-state index is 13.0. The van der Waals surface area contributed by atoms with E-state index in [4.69, 9.17) is 15.7 Å². The van der Waals surface area contributed by atoms with Crippen LogP contribution in [0.15, 0.2) is 16.3 Å². The summed E-state index contributed by atoms with van der Waals surface area (Å²) < 4.78 is 11.8. The summed E-state index contributed by atoms with van der Waals surface area (Å²) in [5.74, 6) is 5.70. The van der Waals surface area contributed by atoms with Crippen LogP contribution < -0.4 is 5.32 Å². The predicted octanol–water partition coefficient (Wildman–Crippen LogP) is 3.50. The number of fused-ring (bicyclic) bond motifs is 6. The van der Waals surface area contributed by atoms with Crippen LogP contribution in [0.5, 0.6) is 0 Å². The maximum Gasteiger partial charge on any atom is 0.366 e. The first-order valence-corrected chi connectivity index (χ1v) is 12.6. The van der Waals surface area contributed by atoms with Crippen LogP contribution in [-0.4, -0.2) is 29.3 Å². The number of terminal acetylenes is 1. The van der Waals surface area contributed by atoms with Gasteiger partial charge in [0.15, 0.2) is 17.4 Å². The second-order valence-corrected chi connectivity index (χ2v) is 11.6.